The molecule has 0 bridgehead atoms. The molecule has 26 heavy (non-hydrogen) atoms. The normalized spacial score (nSPS) is 10.6. The van der Waals surface area contributed by atoms with E-state index in [1.807, 2.05) is 0 Å². The number of carbonyl (C=O) groups is 1. The van der Waals surface area contributed by atoms with Crippen LogP contribution in [0.25, 0.3) is 16.9 Å². The Balaban J connectivity index is 1.86. The molecule has 132 valence electrons. The first kappa shape index (κ1) is 17.5. The number of nitro groups is 1. The number of non-ortho nitro benzene ring substituents is 1. The molecule has 0 atom stereocenters. The molecule has 0 radical (unpaired) electrons. The summed E-state index contributed by atoms with van der Waals surface area (Å²) in [4.78, 5) is 22.2. The summed E-state index contributed by atoms with van der Waals surface area (Å²) < 4.78 is 1.51. The van der Waals surface area contributed by atoms with Gasteiger partial charge in [-0.25, -0.2) is 0 Å². The van der Waals surface area contributed by atoms with Gasteiger partial charge in [0, 0.05) is 24.2 Å². The molecule has 0 aliphatic carbocycles. The van der Waals surface area contributed by atoms with Gasteiger partial charge in [0.25, 0.3) is 5.69 Å². The van der Waals surface area contributed by atoms with Crippen LogP contribution in [-0.2, 0) is 4.79 Å². The molecule has 0 saturated heterocycles. The van der Waals surface area contributed by atoms with Crippen LogP contribution >= 0.6 is 11.8 Å². The van der Waals surface area contributed by atoms with E-state index < -0.39 is 4.92 Å². The summed E-state index contributed by atoms with van der Waals surface area (Å²) in [6.07, 6.45) is 1.60. The molecule has 0 spiro atoms. The van der Waals surface area contributed by atoms with Crippen LogP contribution in [0.1, 0.15) is 0 Å². The Morgan fingerprint density at radius 3 is 2.96 bits per heavy atom. The van der Waals surface area contributed by atoms with E-state index in [0.717, 1.165) is 0 Å². The average Bonchev–Trinajstić information content (AvgIpc) is 3.07. The van der Waals surface area contributed by atoms with Crippen molar-refractivity contribution in [3.8, 4) is 11.3 Å². The van der Waals surface area contributed by atoms with Gasteiger partial charge in [0.05, 0.1) is 16.4 Å². The van der Waals surface area contributed by atoms with Gasteiger partial charge >= 0.3 is 0 Å². The molecule has 0 aliphatic rings. The number of amides is 1. The summed E-state index contributed by atoms with van der Waals surface area (Å²) in [6, 6.07) is 9.65. The zero-order valence-electron chi connectivity index (χ0n) is 13.5. The molecule has 0 saturated carbocycles. The van der Waals surface area contributed by atoms with Gasteiger partial charge in [-0.05, 0) is 12.1 Å². The van der Waals surface area contributed by atoms with Crippen molar-refractivity contribution >= 4 is 29.0 Å². The van der Waals surface area contributed by atoms with Gasteiger partial charge in [-0.1, -0.05) is 30.0 Å². The first-order chi connectivity index (χ1) is 12.6. The first-order valence-corrected chi connectivity index (χ1v) is 8.54. The molecular formula is C16H14N6O3S. The summed E-state index contributed by atoms with van der Waals surface area (Å²) in [5.41, 5.74) is 1.66. The molecule has 1 amide bonds. The third-order valence-electron chi connectivity index (χ3n) is 3.36. The maximum Gasteiger partial charge on any atom is 0.270 e. The fourth-order valence-electron chi connectivity index (χ4n) is 2.16. The number of nitrogens with zero attached hydrogens (tertiary/aromatic N) is 5. The van der Waals surface area contributed by atoms with E-state index in [4.69, 9.17) is 0 Å². The highest BCUT2D eigenvalue weighted by Crippen LogP contribution is 2.23. The monoisotopic (exact) mass is 370 g/mol. The van der Waals surface area contributed by atoms with Crippen LogP contribution in [0.5, 0.6) is 0 Å². The summed E-state index contributed by atoms with van der Waals surface area (Å²) in [5, 5.41) is 26.6. The van der Waals surface area contributed by atoms with Crippen molar-refractivity contribution in [3.05, 3.63) is 59.2 Å². The molecule has 9 nitrogen and oxygen atoms in total. The third-order valence-corrected chi connectivity index (χ3v) is 4.28. The number of nitrogens with one attached hydrogen (secondary N) is 1. The first-order valence-electron chi connectivity index (χ1n) is 7.56. The Morgan fingerprint density at radius 1 is 1.35 bits per heavy atom. The SMILES string of the molecule is C=CCNC(=O)CSc1nnc2ccc(-c3cccc([N+](=O)[O-])c3)nn12. The van der Waals surface area contributed by atoms with E-state index in [2.05, 4.69) is 27.2 Å². The molecule has 10 heteroatoms. The smallest absolute Gasteiger partial charge is 0.270 e. The molecule has 3 aromatic rings. The Morgan fingerprint density at radius 2 is 2.19 bits per heavy atom. The molecule has 1 N–H and O–H groups in total. The van der Waals surface area contributed by atoms with Crippen LogP contribution in [0, 0.1) is 10.1 Å². The van der Waals surface area contributed by atoms with E-state index in [-0.39, 0.29) is 17.3 Å². The van der Waals surface area contributed by atoms with Crippen molar-refractivity contribution in [1.82, 2.24) is 25.1 Å². The third kappa shape index (κ3) is 3.86. The summed E-state index contributed by atoms with van der Waals surface area (Å²) in [7, 11) is 0. The van der Waals surface area contributed by atoms with Crippen molar-refractivity contribution in [2.75, 3.05) is 12.3 Å². The number of fused-ring (bicyclic) bond motifs is 1. The number of hydrogen-bond acceptors (Lipinski definition) is 7. The maximum absolute atomic E-state index is 11.7. The Bertz CT molecular complexity index is 987. The largest absolute Gasteiger partial charge is 0.352 e. The molecule has 3 rings (SSSR count). The minimum atomic E-state index is -0.454. The van der Waals surface area contributed by atoms with Crippen LogP contribution in [0.4, 0.5) is 5.69 Å². The Kier molecular flexibility index (Phi) is 5.23. The van der Waals surface area contributed by atoms with Gasteiger partial charge in [0.1, 0.15) is 0 Å². The van der Waals surface area contributed by atoms with E-state index in [1.165, 1.54) is 28.4 Å². The molecule has 0 aliphatic heterocycles. The number of aromatic nitrogens is 4. The summed E-state index contributed by atoms with van der Waals surface area (Å²) >= 11 is 1.20. The predicted molar refractivity (Wildman–Crippen MR) is 96.8 cm³/mol. The van der Waals surface area contributed by atoms with Crippen molar-refractivity contribution < 1.29 is 9.72 Å². The van der Waals surface area contributed by atoms with Gasteiger partial charge in [0.2, 0.25) is 11.1 Å². The number of nitro benzene ring substituents is 1. The minimum absolute atomic E-state index is 0.0124. The zero-order chi connectivity index (χ0) is 18.5. The highest BCUT2D eigenvalue weighted by atomic mass is 32.2. The second-order valence-corrected chi connectivity index (χ2v) is 6.10. The number of thioether (sulfide) groups is 1. The average molecular weight is 370 g/mol. The highest BCUT2D eigenvalue weighted by Gasteiger charge is 2.13. The van der Waals surface area contributed by atoms with Crippen molar-refractivity contribution in [2.45, 2.75) is 5.16 Å². The Hall–Kier alpha value is -3.27. The minimum Gasteiger partial charge on any atom is -0.352 e. The second-order valence-electron chi connectivity index (χ2n) is 5.16. The fourth-order valence-corrected chi connectivity index (χ4v) is 2.88. The Labute approximate surface area is 152 Å². The molecule has 2 aromatic heterocycles. The fraction of sp³-hybridized carbons (Fsp3) is 0.125. The van der Waals surface area contributed by atoms with Crippen molar-refractivity contribution in [2.24, 2.45) is 0 Å². The highest BCUT2D eigenvalue weighted by molar-refractivity contribution is 7.99. The van der Waals surface area contributed by atoms with Crippen molar-refractivity contribution in [1.29, 1.82) is 0 Å². The number of hydrogen-bond donors (Lipinski definition) is 1. The lowest BCUT2D eigenvalue weighted by atomic mass is 10.1. The zero-order valence-corrected chi connectivity index (χ0v) is 14.3. The molecule has 2 heterocycles. The van der Waals surface area contributed by atoms with E-state index in [0.29, 0.717) is 28.6 Å². The van der Waals surface area contributed by atoms with Crippen molar-refractivity contribution in [3.63, 3.8) is 0 Å². The lowest BCUT2D eigenvalue weighted by molar-refractivity contribution is -0.384. The number of benzene rings is 1. The molecular weight excluding hydrogens is 356 g/mol. The van der Waals surface area contributed by atoms with E-state index >= 15 is 0 Å². The van der Waals surface area contributed by atoms with Gasteiger partial charge < -0.3 is 5.32 Å². The quantitative estimate of drug-likeness (QED) is 0.293. The number of rotatable bonds is 7. The lowest BCUT2D eigenvalue weighted by Gasteiger charge is -2.04. The van der Waals surface area contributed by atoms with Crippen LogP contribution in [0.3, 0.4) is 0 Å². The van der Waals surface area contributed by atoms with Crippen LogP contribution in [-0.4, -0.2) is 42.9 Å². The van der Waals surface area contributed by atoms with Crippen LogP contribution < -0.4 is 5.32 Å². The van der Waals surface area contributed by atoms with E-state index in [9.17, 15) is 14.9 Å². The van der Waals surface area contributed by atoms with E-state index in [1.54, 1.807) is 30.3 Å². The molecule has 1 aromatic carbocycles. The predicted octanol–water partition coefficient (Wildman–Crippen LogP) is 2.09. The van der Waals surface area contributed by atoms with Crippen LogP contribution in [0.15, 0.2) is 54.2 Å². The van der Waals surface area contributed by atoms with Gasteiger partial charge in [-0.3, -0.25) is 14.9 Å². The van der Waals surface area contributed by atoms with Crippen LogP contribution in [0.2, 0.25) is 0 Å². The van der Waals surface area contributed by atoms with Gasteiger partial charge in [0.15, 0.2) is 5.65 Å². The number of carbonyl (C=O) groups excluding carboxylic acids is 1. The lowest BCUT2D eigenvalue weighted by Crippen LogP contribution is -2.25. The maximum atomic E-state index is 11.7. The summed E-state index contributed by atoms with van der Waals surface area (Å²) in [6.45, 7) is 3.94. The second kappa shape index (κ2) is 7.74. The topological polar surface area (TPSA) is 115 Å². The standard InChI is InChI=1S/C16H14N6O3S/c1-2-8-17-15(23)10-26-16-19-18-14-7-6-13(20-21(14)16)11-4-3-5-12(9-11)22(24)25/h2-7,9H,1,8,10H2,(H,17,23). The van der Waals surface area contributed by atoms with Gasteiger partial charge in [-0.2, -0.15) is 9.61 Å². The summed E-state index contributed by atoms with van der Waals surface area (Å²) in [5.74, 6) is 0.0126. The molecule has 0 unspecified atom stereocenters. The molecule has 0 fully saturated rings. The van der Waals surface area contributed by atoms with Gasteiger partial charge in [-0.15, -0.1) is 16.8 Å².